The molecule has 0 amide bonds. The zero-order valence-electron chi connectivity index (χ0n) is 12.6. The molecule has 22 heavy (non-hydrogen) atoms. The summed E-state index contributed by atoms with van der Waals surface area (Å²) in [5, 5.41) is 0. The van der Waals surface area contributed by atoms with Crippen LogP contribution in [0, 0.1) is 5.82 Å². The van der Waals surface area contributed by atoms with E-state index in [2.05, 4.69) is 4.90 Å². The molecular weight excluding hydrogens is 277 g/mol. The van der Waals surface area contributed by atoms with Crippen molar-refractivity contribution in [2.45, 2.75) is 25.8 Å². The first-order valence-corrected chi connectivity index (χ1v) is 7.84. The van der Waals surface area contributed by atoms with E-state index in [9.17, 15) is 9.18 Å². The number of hydrogen-bond acceptors (Lipinski definition) is 2. The highest BCUT2D eigenvalue weighted by Gasteiger charge is 2.12. The van der Waals surface area contributed by atoms with Gasteiger partial charge in [0.1, 0.15) is 5.82 Å². The highest BCUT2D eigenvalue weighted by atomic mass is 19.1. The van der Waals surface area contributed by atoms with E-state index < -0.39 is 0 Å². The van der Waals surface area contributed by atoms with Crippen LogP contribution in [0.1, 0.15) is 40.7 Å². The van der Waals surface area contributed by atoms with Gasteiger partial charge in [0, 0.05) is 17.7 Å². The summed E-state index contributed by atoms with van der Waals surface area (Å²) in [6, 6.07) is 13.5. The Balaban J connectivity index is 1.69. The van der Waals surface area contributed by atoms with Crippen LogP contribution in [0.2, 0.25) is 0 Å². The van der Waals surface area contributed by atoms with Gasteiger partial charge in [0.2, 0.25) is 0 Å². The number of ketones is 1. The summed E-state index contributed by atoms with van der Waals surface area (Å²) in [5.74, 6) is -0.517. The van der Waals surface area contributed by atoms with Gasteiger partial charge in [0.15, 0.2) is 5.78 Å². The third-order valence-corrected chi connectivity index (χ3v) is 4.16. The van der Waals surface area contributed by atoms with Gasteiger partial charge in [0.05, 0.1) is 0 Å². The van der Waals surface area contributed by atoms with Crippen molar-refractivity contribution in [3.63, 3.8) is 0 Å². The zero-order valence-corrected chi connectivity index (χ0v) is 12.6. The third kappa shape index (κ3) is 3.60. The number of likely N-dealkylation sites (tertiary alicyclic amines) is 1. The molecule has 0 atom stereocenters. The average molecular weight is 297 g/mol. The fourth-order valence-corrected chi connectivity index (χ4v) is 2.93. The molecule has 0 radical (unpaired) electrons. The van der Waals surface area contributed by atoms with Gasteiger partial charge in [-0.05, 0) is 43.6 Å². The Labute approximate surface area is 130 Å². The Morgan fingerprint density at radius 2 is 1.68 bits per heavy atom. The smallest absolute Gasteiger partial charge is 0.193 e. The predicted octanol–water partition coefficient (Wildman–Crippen LogP) is 4.04. The highest BCUT2D eigenvalue weighted by Crippen LogP contribution is 2.16. The van der Waals surface area contributed by atoms with E-state index in [4.69, 9.17) is 0 Å². The molecule has 0 aromatic heterocycles. The Morgan fingerprint density at radius 1 is 0.955 bits per heavy atom. The summed E-state index contributed by atoms with van der Waals surface area (Å²) in [7, 11) is 0. The molecule has 3 heteroatoms. The number of halogens is 1. The molecule has 2 nitrogen and oxygen atoms in total. The maximum atomic E-state index is 13.2. The van der Waals surface area contributed by atoms with E-state index in [0.717, 1.165) is 19.6 Å². The molecule has 3 rings (SSSR count). The third-order valence-electron chi connectivity index (χ3n) is 4.16. The van der Waals surface area contributed by atoms with Gasteiger partial charge in [-0.3, -0.25) is 9.69 Å². The van der Waals surface area contributed by atoms with Gasteiger partial charge in [-0.15, -0.1) is 0 Å². The first kappa shape index (κ1) is 14.9. The number of nitrogens with zero attached hydrogens (tertiary/aromatic N) is 1. The summed E-state index contributed by atoms with van der Waals surface area (Å²) in [4.78, 5) is 14.8. The van der Waals surface area contributed by atoms with Crippen molar-refractivity contribution < 1.29 is 9.18 Å². The minimum atomic E-state index is -0.382. The van der Waals surface area contributed by atoms with Crippen LogP contribution in [0.3, 0.4) is 0 Å². The molecule has 114 valence electrons. The van der Waals surface area contributed by atoms with Crippen molar-refractivity contribution in [1.29, 1.82) is 0 Å². The fourth-order valence-electron chi connectivity index (χ4n) is 2.93. The van der Waals surface area contributed by atoms with Crippen molar-refractivity contribution >= 4 is 5.78 Å². The van der Waals surface area contributed by atoms with Gasteiger partial charge in [-0.2, -0.15) is 0 Å². The van der Waals surface area contributed by atoms with Gasteiger partial charge in [0.25, 0.3) is 0 Å². The Bertz CT molecular complexity index is 645. The van der Waals surface area contributed by atoms with Crippen molar-refractivity contribution in [3.05, 3.63) is 71.0 Å². The van der Waals surface area contributed by atoms with Gasteiger partial charge in [-0.25, -0.2) is 4.39 Å². The predicted molar refractivity (Wildman–Crippen MR) is 85.4 cm³/mol. The van der Waals surface area contributed by atoms with Crippen molar-refractivity contribution in [1.82, 2.24) is 4.90 Å². The molecule has 1 fully saturated rings. The second-order valence-corrected chi connectivity index (χ2v) is 5.87. The molecule has 2 aromatic carbocycles. The molecular formula is C19H20FNO. The first-order valence-electron chi connectivity index (χ1n) is 7.84. The number of carbonyl (C=O) groups excluding carboxylic acids is 1. The molecule has 1 aliphatic heterocycles. The van der Waals surface area contributed by atoms with Crippen LogP contribution in [-0.4, -0.2) is 23.8 Å². The average Bonchev–Trinajstić information content (AvgIpc) is 2.56. The lowest BCUT2D eigenvalue weighted by Gasteiger charge is -2.26. The van der Waals surface area contributed by atoms with E-state index in [1.165, 1.54) is 37.0 Å². The SMILES string of the molecule is O=C(c1ccc(CN2CCCCC2)cc1)c1cccc(F)c1. The summed E-state index contributed by atoms with van der Waals surface area (Å²) < 4.78 is 13.2. The quantitative estimate of drug-likeness (QED) is 0.794. The summed E-state index contributed by atoms with van der Waals surface area (Å²) in [6.07, 6.45) is 3.88. The molecule has 2 aromatic rings. The van der Waals surface area contributed by atoms with Crippen LogP contribution in [0.4, 0.5) is 4.39 Å². The van der Waals surface area contributed by atoms with Crippen molar-refractivity contribution in [2.75, 3.05) is 13.1 Å². The van der Waals surface area contributed by atoms with Crippen LogP contribution in [0.25, 0.3) is 0 Å². The Kier molecular flexibility index (Phi) is 4.64. The summed E-state index contributed by atoms with van der Waals surface area (Å²) >= 11 is 0. The summed E-state index contributed by atoms with van der Waals surface area (Å²) in [6.45, 7) is 3.25. The van der Waals surface area contributed by atoms with Crippen LogP contribution >= 0.6 is 0 Å². The molecule has 0 aliphatic carbocycles. The minimum Gasteiger partial charge on any atom is -0.299 e. The maximum Gasteiger partial charge on any atom is 0.193 e. The molecule has 0 unspecified atom stereocenters. The lowest BCUT2D eigenvalue weighted by atomic mass is 10.0. The van der Waals surface area contributed by atoms with Crippen molar-refractivity contribution in [3.8, 4) is 0 Å². The maximum absolute atomic E-state index is 13.2. The van der Waals surface area contributed by atoms with Crippen LogP contribution in [0.5, 0.6) is 0 Å². The van der Waals surface area contributed by atoms with E-state index in [1.807, 2.05) is 24.3 Å². The van der Waals surface area contributed by atoms with Gasteiger partial charge >= 0.3 is 0 Å². The van der Waals surface area contributed by atoms with E-state index in [0.29, 0.717) is 11.1 Å². The van der Waals surface area contributed by atoms with E-state index >= 15 is 0 Å². The Hall–Kier alpha value is -2.00. The molecule has 0 spiro atoms. The fraction of sp³-hybridized carbons (Fsp3) is 0.316. The van der Waals surface area contributed by atoms with Crippen molar-refractivity contribution in [2.24, 2.45) is 0 Å². The molecule has 1 aliphatic rings. The molecule has 1 heterocycles. The first-order chi connectivity index (χ1) is 10.7. The van der Waals surface area contributed by atoms with E-state index in [-0.39, 0.29) is 11.6 Å². The lowest BCUT2D eigenvalue weighted by molar-refractivity contribution is 0.103. The minimum absolute atomic E-state index is 0.135. The second kappa shape index (κ2) is 6.84. The zero-order chi connectivity index (χ0) is 15.4. The lowest BCUT2D eigenvalue weighted by Crippen LogP contribution is -2.29. The topological polar surface area (TPSA) is 20.3 Å². The number of benzene rings is 2. The van der Waals surface area contributed by atoms with Gasteiger partial charge in [-0.1, -0.05) is 42.8 Å². The molecule has 0 bridgehead atoms. The van der Waals surface area contributed by atoms with E-state index in [1.54, 1.807) is 12.1 Å². The van der Waals surface area contributed by atoms with Crippen LogP contribution in [0.15, 0.2) is 48.5 Å². The van der Waals surface area contributed by atoms with Crippen LogP contribution < -0.4 is 0 Å². The molecule has 1 saturated heterocycles. The van der Waals surface area contributed by atoms with Crippen LogP contribution in [-0.2, 0) is 6.54 Å². The second-order valence-electron chi connectivity index (χ2n) is 5.87. The molecule has 0 saturated carbocycles. The largest absolute Gasteiger partial charge is 0.299 e. The number of rotatable bonds is 4. The van der Waals surface area contributed by atoms with Gasteiger partial charge < -0.3 is 0 Å². The highest BCUT2D eigenvalue weighted by molar-refractivity contribution is 6.08. The summed E-state index contributed by atoms with van der Waals surface area (Å²) in [5.41, 5.74) is 2.22. The number of hydrogen-bond donors (Lipinski definition) is 0. The number of carbonyl (C=O) groups is 1. The standard InChI is InChI=1S/C19H20FNO/c20-18-6-4-5-17(13-18)19(22)16-9-7-15(8-10-16)14-21-11-2-1-3-12-21/h4-10,13H,1-3,11-12,14H2. The monoisotopic (exact) mass is 297 g/mol. The molecule has 0 N–H and O–H groups in total. The normalized spacial score (nSPS) is 15.7. The Morgan fingerprint density at radius 3 is 2.36 bits per heavy atom. The number of piperidine rings is 1.